The second kappa shape index (κ2) is 5.89. The molecule has 0 fully saturated rings. The number of ether oxygens (including phenoxy) is 1. The molecule has 1 aromatic heterocycles. The first-order valence-corrected chi connectivity index (χ1v) is 4.42. The summed E-state index contributed by atoms with van der Waals surface area (Å²) < 4.78 is 9.53. The average molecular weight is 228 g/mol. The van der Waals surface area contributed by atoms with Gasteiger partial charge in [0.1, 0.15) is 18.6 Å². The Morgan fingerprint density at radius 1 is 1.56 bits per heavy atom. The molecule has 7 nitrogen and oxygen atoms in total. The molecule has 0 aromatic carbocycles. The largest absolute Gasteiger partial charge is 0.467 e. The normalized spacial score (nSPS) is 10.1. The molecule has 3 N–H and O–H groups in total. The number of nitrogens with two attached hydrogens (primary N) is 1. The summed E-state index contributed by atoms with van der Waals surface area (Å²) in [6.07, 6.45) is 1.27. The fraction of sp³-hybridized carbons (Fsp3) is 0.333. The minimum atomic E-state index is -0.581. The molecule has 1 amide bonds. The van der Waals surface area contributed by atoms with Gasteiger partial charge in [0.05, 0.1) is 19.2 Å². The van der Waals surface area contributed by atoms with Gasteiger partial charge in [0.2, 0.25) is 5.91 Å². The van der Waals surface area contributed by atoms with Crippen LogP contribution >= 0.6 is 0 Å². The van der Waals surface area contributed by atoms with E-state index >= 15 is 0 Å². The molecule has 0 unspecified atom stereocenters. The van der Waals surface area contributed by atoms with Crippen LogP contribution in [-0.2, 0) is 20.9 Å². The molecule has 1 heterocycles. The van der Waals surface area contributed by atoms with Crippen molar-refractivity contribution in [3.05, 3.63) is 23.7 Å². The second-order valence-electron chi connectivity index (χ2n) is 2.87. The lowest BCUT2D eigenvalue weighted by molar-refractivity contribution is -0.125. The van der Waals surface area contributed by atoms with Crippen molar-refractivity contribution in [1.82, 2.24) is 5.48 Å². The van der Waals surface area contributed by atoms with Crippen LogP contribution < -0.4 is 11.2 Å². The van der Waals surface area contributed by atoms with Crippen molar-refractivity contribution >= 4 is 11.9 Å². The predicted molar refractivity (Wildman–Crippen MR) is 52.0 cm³/mol. The lowest BCUT2D eigenvalue weighted by Crippen LogP contribution is -2.24. The Morgan fingerprint density at radius 2 is 2.31 bits per heavy atom. The van der Waals surface area contributed by atoms with Gasteiger partial charge in [-0.15, -0.1) is 0 Å². The summed E-state index contributed by atoms with van der Waals surface area (Å²) in [5, 5.41) is 0. The summed E-state index contributed by atoms with van der Waals surface area (Å²) in [4.78, 5) is 26.1. The number of hydrogen-bond donors (Lipinski definition) is 2. The molecule has 88 valence electrons. The van der Waals surface area contributed by atoms with Gasteiger partial charge in [0.15, 0.2) is 0 Å². The Labute approximate surface area is 91.4 Å². The molecule has 7 heteroatoms. The maximum Gasteiger partial charge on any atom is 0.341 e. The molecule has 0 radical (unpaired) electrons. The first-order valence-electron chi connectivity index (χ1n) is 4.42. The Hall–Kier alpha value is -1.86. The van der Waals surface area contributed by atoms with Gasteiger partial charge in [0, 0.05) is 0 Å². The van der Waals surface area contributed by atoms with Gasteiger partial charge < -0.3 is 14.9 Å². The van der Waals surface area contributed by atoms with E-state index < -0.39 is 11.9 Å². The van der Waals surface area contributed by atoms with E-state index in [4.69, 9.17) is 15.0 Å². The molecule has 1 rings (SSSR count). The number of furan rings is 1. The number of esters is 1. The molecule has 0 atom stereocenters. The second-order valence-corrected chi connectivity index (χ2v) is 2.87. The number of rotatable bonds is 6. The zero-order valence-electron chi connectivity index (χ0n) is 8.69. The Bertz CT molecular complexity index is 374. The van der Waals surface area contributed by atoms with Gasteiger partial charge in [-0.2, -0.15) is 5.48 Å². The third-order valence-electron chi connectivity index (χ3n) is 1.64. The summed E-state index contributed by atoms with van der Waals surface area (Å²) in [6.45, 7) is -0.0190. The van der Waals surface area contributed by atoms with E-state index in [9.17, 15) is 9.59 Å². The maximum atomic E-state index is 11.1. The first kappa shape index (κ1) is 12.2. The first-order chi connectivity index (χ1) is 7.63. The van der Waals surface area contributed by atoms with Gasteiger partial charge in [-0.3, -0.25) is 9.63 Å². The van der Waals surface area contributed by atoms with Crippen molar-refractivity contribution in [1.29, 1.82) is 0 Å². The standard InChI is InChI=1S/C9H12N2O5/c1-14-9(13)6-2-7(15-4-6)3-11-16-5-8(10)12/h2,4,11H,3,5H2,1H3,(H2,10,12). The van der Waals surface area contributed by atoms with Crippen LogP contribution in [0.15, 0.2) is 16.7 Å². The summed E-state index contributed by atoms with van der Waals surface area (Å²) in [7, 11) is 1.28. The van der Waals surface area contributed by atoms with E-state index in [1.54, 1.807) is 0 Å². The Morgan fingerprint density at radius 3 is 2.94 bits per heavy atom. The number of carbonyl (C=O) groups excluding carboxylic acids is 2. The van der Waals surface area contributed by atoms with Crippen LogP contribution in [0.4, 0.5) is 0 Å². The van der Waals surface area contributed by atoms with Gasteiger partial charge in [0.25, 0.3) is 0 Å². The third kappa shape index (κ3) is 3.71. The van der Waals surface area contributed by atoms with Crippen LogP contribution in [0.5, 0.6) is 0 Å². The van der Waals surface area contributed by atoms with E-state index in [1.165, 1.54) is 19.4 Å². The fourth-order valence-electron chi connectivity index (χ4n) is 0.943. The minimum Gasteiger partial charge on any atom is -0.467 e. The molecule has 0 saturated heterocycles. The van der Waals surface area contributed by atoms with Gasteiger partial charge in [-0.25, -0.2) is 4.79 Å². The van der Waals surface area contributed by atoms with Crippen molar-refractivity contribution in [3.63, 3.8) is 0 Å². The summed E-state index contributed by atoms with van der Waals surface area (Å²) in [5.74, 6) is -0.583. The lowest BCUT2D eigenvalue weighted by atomic mass is 10.3. The van der Waals surface area contributed by atoms with Crippen LogP contribution in [0.25, 0.3) is 0 Å². The van der Waals surface area contributed by atoms with Gasteiger partial charge in [-0.05, 0) is 6.07 Å². The van der Waals surface area contributed by atoms with Crippen LogP contribution in [0, 0.1) is 0 Å². The molecular formula is C9H12N2O5. The third-order valence-corrected chi connectivity index (χ3v) is 1.64. The fourth-order valence-corrected chi connectivity index (χ4v) is 0.943. The summed E-state index contributed by atoms with van der Waals surface area (Å²) >= 11 is 0. The quantitative estimate of drug-likeness (QED) is 0.389. The SMILES string of the molecule is COC(=O)c1coc(CNOCC(N)=O)c1. The van der Waals surface area contributed by atoms with E-state index in [1.807, 2.05) is 0 Å². The molecular weight excluding hydrogens is 216 g/mol. The predicted octanol–water partition coefficient (Wildman–Crippen LogP) is -0.427. The number of primary amides is 1. The highest BCUT2D eigenvalue weighted by Crippen LogP contribution is 2.08. The van der Waals surface area contributed by atoms with E-state index in [-0.39, 0.29) is 13.2 Å². The van der Waals surface area contributed by atoms with Crippen LogP contribution in [0.1, 0.15) is 16.1 Å². The summed E-state index contributed by atoms with van der Waals surface area (Å²) in [5.41, 5.74) is 7.62. The number of nitrogens with one attached hydrogen (secondary N) is 1. The van der Waals surface area contributed by atoms with Crippen molar-refractivity contribution in [2.45, 2.75) is 6.54 Å². The van der Waals surface area contributed by atoms with Crippen LogP contribution in [0.3, 0.4) is 0 Å². The summed E-state index contributed by atoms with van der Waals surface area (Å²) in [6, 6.07) is 1.51. The van der Waals surface area contributed by atoms with Gasteiger partial charge >= 0.3 is 5.97 Å². The Kier molecular flexibility index (Phi) is 4.49. The van der Waals surface area contributed by atoms with Crippen molar-refractivity contribution in [2.75, 3.05) is 13.7 Å². The van der Waals surface area contributed by atoms with Crippen molar-refractivity contribution in [2.24, 2.45) is 5.73 Å². The molecule has 0 aliphatic heterocycles. The minimum absolute atomic E-state index is 0.213. The van der Waals surface area contributed by atoms with Gasteiger partial charge in [-0.1, -0.05) is 0 Å². The zero-order chi connectivity index (χ0) is 12.0. The van der Waals surface area contributed by atoms with Crippen LogP contribution in [0.2, 0.25) is 0 Å². The number of carbonyl (C=O) groups is 2. The molecule has 1 aromatic rings. The molecule has 0 aliphatic rings. The monoisotopic (exact) mass is 228 g/mol. The Balaban J connectivity index is 2.35. The number of methoxy groups -OCH3 is 1. The maximum absolute atomic E-state index is 11.1. The van der Waals surface area contributed by atoms with Crippen molar-refractivity contribution in [3.8, 4) is 0 Å². The lowest BCUT2D eigenvalue weighted by Gasteiger charge is -2.00. The number of amides is 1. The van der Waals surface area contributed by atoms with E-state index in [0.717, 1.165) is 0 Å². The highest BCUT2D eigenvalue weighted by molar-refractivity contribution is 5.88. The number of hydroxylamine groups is 1. The molecule has 0 spiro atoms. The number of hydrogen-bond acceptors (Lipinski definition) is 6. The average Bonchev–Trinajstić information content (AvgIpc) is 2.71. The van der Waals surface area contributed by atoms with E-state index in [0.29, 0.717) is 11.3 Å². The van der Waals surface area contributed by atoms with Crippen LogP contribution in [-0.4, -0.2) is 25.6 Å². The highest BCUT2D eigenvalue weighted by Gasteiger charge is 2.09. The zero-order valence-corrected chi connectivity index (χ0v) is 8.69. The highest BCUT2D eigenvalue weighted by atomic mass is 16.6. The topological polar surface area (TPSA) is 104 Å². The van der Waals surface area contributed by atoms with E-state index in [2.05, 4.69) is 10.2 Å². The molecule has 16 heavy (non-hydrogen) atoms. The molecule has 0 bridgehead atoms. The molecule has 0 saturated carbocycles. The van der Waals surface area contributed by atoms with Crippen molar-refractivity contribution < 1.29 is 23.6 Å². The molecule has 0 aliphatic carbocycles. The smallest absolute Gasteiger partial charge is 0.341 e.